The van der Waals surface area contributed by atoms with Gasteiger partial charge in [-0.3, -0.25) is 9.48 Å². The Kier molecular flexibility index (Phi) is 5.56. The maximum absolute atomic E-state index is 11.1. The summed E-state index contributed by atoms with van der Waals surface area (Å²) >= 11 is 0. The molecule has 0 fully saturated rings. The summed E-state index contributed by atoms with van der Waals surface area (Å²) in [6.07, 6.45) is 4.58. The molecule has 0 aromatic carbocycles. The average Bonchev–Trinajstić information content (AvgIpc) is 2.68. The van der Waals surface area contributed by atoms with Gasteiger partial charge in [-0.1, -0.05) is 0 Å². The Hall–Kier alpha value is -1.36. The molecule has 5 nitrogen and oxygen atoms in total. The van der Waals surface area contributed by atoms with Crippen molar-refractivity contribution < 1.29 is 9.53 Å². The van der Waals surface area contributed by atoms with Crippen molar-refractivity contribution in [2.24, 2.45) is 0 Å². The van der Waals surface area contributed by atoms with Gasteiger partial charge in [-0.15, -0.1) is 0 Å². The van der Waals surface area contributed by atoms with Crippen LogP contribution in [0.1, 0.15) is 20.3 Å². The van der Waals surface area contributed by atoms with Crippen LogP contribution in [-0.4, -0.2) is 34.9 Å². The predicted octanol–water partition coefficient (Wildman–Crippen LogP) is 0.814. The van der Waals surface area contributed by atoms with Gasteiger partial charge in [0.2, 0.25) is 0 Å². The summed E-state index contributed by atoms with van der Waals surface area (Å²) < 4.78 is 6.85. The maximum atomic E-state index is 11.1. The Bertz CT molecular complexity index is 296. The van der Waals surface area contributed by atoms with Crippen molar-refractivity contribution in [2.45, 2.75) is 32.9 Å². The van der Waals surface area contributed by atoms with E-state index in [2.05, 4.69) is 10.4 Å². The van der Waals surface area contributed by atoms with Crippen molar-refractivity contribution in [1.29, 1.82) is 0 Å². The van der Waals surface area contributed by atoms with E-state index in [1.54, 1.807) is 6.20 Å². The van der Waals surface area contributed by atoms with Crippen LogP contribution in [0.4, 0.5) is 0 Å². The van der Waals surface area contributed by atoms with Crippen molar-refractivity contribution in [2.75, 3.05) is 13.1 Å². The van der Waals surface area contributed by atoms with Crippen molar-refractivity contribution in [3.05, 3.63) is 18.5 Å². The van der Waals surface area contributed by atoms with E-state index in [1.807, 2.05) is 30.8 Å². The summed E-state index contributed by atoms with van der Waals surface area (Å²) in [5.41, 5.74) is 0. The van der Waals surface area contributed by atoms with Crippen LogP contribution >= 0.6 is 0 Å². The predicted molar refractivity (Wildman–Crippen MR) is 60.9 cm³/mol. The van der Waals surface area contributed by atoms with Crippen LogP contribution in [0.25, 0.3) is 0 Å². The first-order valence-electron chi connectivity index (χ1n) is 5.56. The van der Waals surface area contributed by atoms with Crippen LogP contribution in [0.15, 0.2) is 18.5 Å². The van der Waals surface area contributed by atoms with Crippen molar-refractivity contribution in [3.63, 3.8) is 0 Å². The maximum Gasteiger partial charge on any atom is 0.320 e. The molecular weight excluding hydrogens is 206 g/mol. The van der Waals surface area contributed by atoms with Gasteiger partial charge in [0.05, 0.1) is 12.6 Å². The lowest BCUT2D eigenvalue weighted by Crippen LogP contribution is -2.27. The molecule has 0 aliphatic heterocycles. The molecule has 1 rings (SSSR count). The summed E-state index contributed by atoms with van der Waals surface area (Å²) in [5.74, 6) is -0.200. The van der Waals surface area contributed by atoms with Gasteiger partial charge in [-0.05, 0) is 32.9 Å². The van der Waals surface area contributed by atoms with Crippen LogP contribution in [0.2, 0.25) is 0 Å². The van der Waals surface area contributed by atoms with Crippen LogP contribution in [0, 0.1) is 0 Å². The molecule has 0 amide bonds. The van der Waals surface area contributed by atoms with Crippen LogP contribution in [-0.2, 0) is 16.1 Å². The summed E-state index contributed by atoms with van der Waals surface area (Å²) in [6, 6.07) is 1.90. The van der Waals surface area contributed by atoms with Gasteiger partial charge in [-0.25, -0.2) is 0 Å². The lowest BCUT2D eigenvalue weighted by atomic mass is 10.4. The highest BCUT2D eigenvalue weighted by atomic mass is 16.5. The molecule has 0 saturated carbocycles. The van der Waals surface area contributed by atoms with Gasteiger partial charge in [0.1, 0.15) is 0 Å². The minimum absolute atomic E-state index is 0.0432. The third-order valence-corrected chi connectivity index (χ3v) is 1.94. The highest BCUT2D eigenvalue weighted by Crippen LogP contribution is 1.89. The second-order valence-corrected chi connectivity index (χ2v) is 3.84. The van der Waals surface area contributed by atoms with Gasteiger partial charge < -0.3 is 10.1 Å². The Balaban J connectivity index is 1.98. The normalized spacial score (nSPS) is 10.7. The lowest BCUT2D eigenvalue weighted by Gasteiger charge is -2.08. The Morgan fingerprint density at radius 3 is 3.00 bits per heavy atom. The van der Waals surface area contributed by atoms with Gasteiger partial charge >= 0.3 is 5.97 Å². The van der Waals surface area contributed by atoms with E-state index in [9.17, 15) is 4.79 Å². The van der Waals surface area contributed by atoms with E-state index in [4.69, 9.17) is 4.74 Å². The number of nitrogens with zero attached hydrogens (tertiary/aromatic N) is 2. The Morgan fingerprint density at radius 2 is 2.38 bits per heavy atom. The number of aryl methyl sites for hydroxylation is 1. The topological polar surface area (TPSA) is 56.1 Å². The number of carbonyl (C=O) groups is 1. The van der Waals surface area contributed by atoms with E-state index in [0.29, 0.717) is 0 Å². The standard InChI is InChI=1S/C11H19N3O2/c1-10(2)16-11(15)9-12-5-3-7-14-8-4-6-13-14/h4,6,8,10,12H,3,5,7,9H2,1-2H3. The molecule has 1 aromatic rings. The van der Waals surface area contributed by atoms with Crippen LogP contribution in [0.5, 0.6) is 0 Å². The monoisotopic (exact) mass is 225 g/mol. The average molecular weight is 225 g/mol. The zero-order valence-electron chi connectivity index (χ0n) is 9.85. The number of carbonyl (C=O) groups excluding carboxylic acids is 1. The minimum atomic E-state index is -0.200. The molecule has 5 heteroatoms. The fourth-order valence-corrected chi connectivity index (χ4v) is 1.29. The number of rotatable bonds is 7. The number of ether oxygens (including phenoxy) is 1. The molecule has 0 aliphatic rings. The zero-order chi connectivity index (χ0) is 11.8. The quantitative estimate of drug-likeness (QED) is 0.551. The molecule has 0 atom stereocenters. The summed E-state index contributed by atoms with van der Waals surface area (Å²) in [5, 5.41) is 7.12. The highest BCUT2D eigenvalue weighted by Gasteiger charge is 2.03. The van der Waals surface area contributed by atoms with Gasteiger partial charge in [-0.2, -0.15) is 5.10 Å². The molecule has 1 N–H and O–H groups in total. The van der Waals surface area contributed by atoms with Crippen molar-refractivity contribution >= 4 is 5.97 Å². The fourth-order valence-electron chi connectivity index (χ4n) is 1.29. The van der Waals surface area contributed by atoms with E-state index >= 15 is 0 Å². The molecule has 16 heavy (non-hydrogen) atoms. The number of aromatic nitrogens is 2. The van der Waals surface area contributed by atoms with E-state index in [-0.39, 0.29) is 18.6 Å². The fraction of sp³-hybridized carbons (Fsp3) is 0.636. The summed E-state index contributed by atoms with van der Waals surface area (Å²) in [4.78, 5) is 11.1. The molecule has 0 aliphatic carbocycles. The van der Waals surface area contributed by atoms with E-state index < -0.39 is 0 Å². The van der Waals surface area contributed by atoms with Gasteiger partial charge in [0.25, 0.3) is 0 Å². The zero-order valence-corrected chi connectivity index (χ0v) is 9.85. The number of hydrogen-bond donors (Lipinski definition) is 1. The number of nitrogens with one attached hydrogen (secondary N) is 1. The summed E-state index contributed by atoms with van der Waals surface area (Å²) in [6.45, 7) is 5.61. The third-order valence-electron chi connectivity index (χ3n) is 1.94. The third kappa shape index (κ3) is 5.50. The second-order valence-electron chi connectivity index (χ2n) is 3.84. The molecule has 0 saturated heterocycles. The SMILES string of the molecule is CC(C)OC(=O)CNCCCn1cccn1. The molecular formula is C11H19N3O2. The Morgan fingerprint density at radius 1 is 1.56 bits per heavy atom. The van der Waals surface area contributed by atoms with Crippen molar-refractivity contribution in [3.8, 4) is 0 Å². The molecule has 0 unspecified atom stereocenters. The van der Waals surface area contributed by atoms with Crippen molar-refractivity contribution in [1.82, 2.24) is 15.1 Å². The van der Waals surface area contributed by atoms with E-state index in [0.717, 1.165) is 19.5 Å². The van der Waals surface area contributed by atoms with Gasteiger partial charge in [0, 0.05) is 18.9 Å². The minimum Gasteiger partial charge on any atom is -0.462 e. The first-order valence-corrected chi connectivity index (χ1v) is 5.56. The molecule has 90 valence electrons. The van der Waals surface area contributed by atoms with Crippen LogP contribution < -0.4 is 5.32 Å². The number of esters is 1. The molecule has 0 radical (unpaired) electrons. The van der Waals surface area contributed by atoms with E-state index in [1.165, 1.54) is 0 Å². The number of hydrogen-bond acceptors (Lipinski definition) is 4. The molecule has 0 spiro atoms. The molecule has 1 aromatic heterocycles. The first kappa shape index (κ1) is 12.7. The Labute approximate surface area is 95.8 Å². The largest absolute Gasteiger partial charge is 0.462 e. The van der Waals surface area contributed by atoms with Gasteiger partial charge in [0.15, 0.2) is 0 Å². The lowest BCUT2D eigenvalue weighted by molar-refractivity contribution is -0.146. The molecule has 1 heterocycles. The second kappa shape index (κ2) is 7.00. The smallest absolute Gasteiger partial charge is 0.320 e. The highest BCUT2D eigenvalue weighted by molar-refractivity contribution is 5.71. The van der Waals surface area contributed by atoms with Crippen LogP contribution in [0.3, 0.4) is 0 Å². The summed E-state index contributed by atoms with van der Waals surface area (Å²) in [7, 11) is 0. The molecule has 0 bridgehead atoms. The first-order chi connectivity index (χ1) is 7.68.